The van der Waals surface area contributed by atoms with Gasteiger partial charge in [0.2, 0.25) is 5.43 Å². The molecule has 218 valence electrons. The zero-order valence-electron chi connectivity index (χ0n) is 24.5. The van der Waals surface area contributed by atoms with E-state index in [0.29, 0.717) is 45.2 Å². The fourth-order valence-electron chi connectivity index (χ4n) is 4.09. The molecule has 0 spiro atoms. The highest BCUT2D eigenvalue weighted by molar-refractivity contribution is 5.76. The highest BCUT2D eigenvalue weighted by Gasteiger charge is 2.18. The predicted molar refractivity (Wildman–Crippen MR) is 167 cm³/mol. The van der Waals surface area contributed by atoms with Gasteiger partial charge in [0.05, 0.1) is 49.2 Å². The van der Waals surface area contributed by atoms with Gasteiger partial charge in [0.15, 0.2) is 5.75 Å². The first-order valence-corrected chi connectivity index (χ1v) is 13.3. The van der Waals surface area contributed by atoms with Crippen LogP contribution in [-0.4, -0.2) is 27.5 Å². The van der Waals surface area contributed by atoms with Crippen molar-refractivity contribution in [2.75, 3.05) is 7.11 Å². The fourth-order valence-corrected chi connectivity index (χ4v) is 4.09. The molecule has 2 heterocycles. The number of ether oxygens (including phenoxy) is 2. The summed E-state index contributed by atoms with van der Waals surface area (Å²) in [7, 11) is 1.61. The number of rotatable bonds is 6. The monoisotopic (exact) mass is 592 g/mol. The molecule has 11 nitrogen and oxygen atoms in total. The van der Waals surface area contributed by atoms with E-state index in [-0.39, 0.29) is 18.0 Å². The number of aromatic nitrogens is 4. The highest BCUT2D eigenvalue weighted by Crippen LogP contribution is 2.38. The van der Waals surface area contributed by atoms with Crippen molar-refractivity contribution in [2.24, 2.45) is 0 Å². The number of nitrogens with one attached hydrogen (secondary N) is 1. The number of hydrogen-bond acceptors (Lipinski definition) is 8. The van der Waals surface area contributed by atoms with E-state index >= 15 is 0 Å². The molecule has 5 rings (SSSR count). The van der Waals surface area contributed by atoms with E-state index in [0.717, 1.165) is 16.9 Å². The Kier molecular flexibility index (Phi) is 9.94. The third kappa shape index (κ3) is 7.16. The van der Waals surface area contributed by atoms with Crippen molar-refractivity contribution in [1.29, 1.82) is 10.5 Å². The zero-order valence-corrected chi connectivity index (χ0v) is 24.5. The molecule has 0 aliphatic carbocycles. The van der Waals surface area contributed by atoms with Gasteiger partial charge < -0.3 is 14.3 Å². The number of aryl methyl sites for hydroxylation is 2. The molecule has 0 radical (unpaired) electrons. The molecule has 0 unspecified atom stereocenters. The average molecular weight is 593 g/mol. The van der Waals surface area contributed by atoms with Crippen molar-refractivity contribution in [3.63, 3.8) is 0 Å². The molecular weight excluding hydrogens is 568 g/mol. The van der Waals surface area contributed by atoms with Gasteiger partial charge in [0, 0.05) is 16.8 Å². The van der Waals surface area contributed by atoms with Crippen LogP contribution < -0.4 is 14.9 Å². The van der Waals surface area contributed by atoms with Gasteiger partial charge in [-0.25, -0.2) is 9.69 Å². The second-order valence-corrected chi connectivity index (χ2v) is 9.43. The molecule has 0 bridgehead atoms. The maximum atomic E-state index is 12.0. The fraction of sp³-hybridized carbons (Fsp3) is 0.118. The first-order chi connectivity index (χ1) is 21.8. The van der Waals surface area contributed by atoms with Crippen LogP contribution in [0.5, 0.6) is 11.5 Å². The number of aromatic amines is 1. The molecule has 5 aromatic rings. The van der Waals surface area contributed by atoms with Crippen molar-refractivity contribution in [1.82, 2.24) is 20.4 Å². The van der Waals surface area contributed by atoms with Crippen LogP contribution in [0.3, 0.4) is 0 Å². The summed E-state index contributed by atoms with van der Waals surface area (Å²) < 4.78 is 11.1. The lowest BCUT2D eigenvalue weighted by atomic mass is 10.1. The summed E-state index contributed by atoms with van der Waals surface area (Å²) >= 11 is 0. The molecule has 1 N–H and O–H groups in total. The van der Waals surface area contributed by atoms with E-state index in [1.165, 1.54) is 0 Å². The lowest BCUT2D eigenvalue weighted by molar-refractivity contribution is 0.307. The maximum Gasteiger partial charge on any atom is 0.255 e. The summed E-state index contributed by atoms with van der Waals surface area (Å²) in [5.41, 5.74) is 4.91. The van der Waals surface area contributed by atoms with E-state index in [1.807, 2.05) is 30.3 Å². The van der Waals surface area contributed by atoms with Crippen molar-refractivity contribution in [3.05, 3.63) is 134 Å². The number of methoxy groups -OCH3 is 1. The molecule has 3 aromatic carbocycles. The molecule has 0 aliphatic rings. The molecule has 0 aliphatic heterocycles. The Labute approximate surface area is 259 Å². The number of nitrogens with zero attached hydrogens (tertiary/aromatic N) is 7. The minimum absolute atomic E-state index is 0.0457. The van der Waals surface area contributed by atoms with Gasteiger partial charge in [-0.3, -0.25) is 5.10 Å². The quantitative estimate of drug-likeness (QED) is 0.216. The van der Waals surface area contributed by atoms with Crippen molar-refractivity contribution >= 4 is 11.4 Å². The van der Waals surface area contributed by atoms with E-state index < -0.39 is 5.43 Å². The van der Waals surface area contributed by atoms with Gasteiger partial charge in [-0.15, -0.1) is 5.10 Å². The smallest absolute Gasteiger partial charge is 0.255 e. The van der Waals surface area contributed by atoms with Gasteiger partial charge in [-0.05, 0) is 55.8 Å². The number of nitriles is 2. The van der Waals surface area contributed by atoms with Gasteiger partial charge in [0.25, 0.3) is 11.4 Å². The van der Waals surface area contributed by atoms with E-state index in [1.54, 1.807) is 69.5 Å². The van der Waals surface area contributed by atoms with Crippen LogP contribution >= 0.6 is 0 Å². The van der Waals surface area contributed by atoms with Crippen molar-refractivity contribution < 1.29 is 9.47 Å². The minimum atomic E-state index is -0.397. The molecule has 11 heteroatoms. The minimum Gasteiger partial charge on any atom is -0.498 e. The summed E-state index contributed by atoms with van der Waals surface area (Å²) in [6, 6.07) is 25.0. The lowest BCUT2D eigenvalue weighted by Crippen LogP contribution is -2.10. The molecule has 0 saturated carbocycles. The van der Waals surface area contributed by atoms with Gasteiger partial charge in [-0.1, -0.05) is 36.4 Å². The Morgan fingerprint density at radius 2 is 1.36 bits per heavy atom. The molecule has 2 aromatic heterocycles. The molecular formula is C34H24N8O3. The summed E-state index contributed by atoms with van der Waals surface area (Å²) in [5.74, 6) is 1.15. The number of benzene rings is 3. The standard InChI is InChI=1S/C21H16N4O2.C13H8N4O/c1-14-19(23-2)21(27-13-16-6-10-18(26-3)11-7-16)20(25-24-14)17-8-4-15(12-22)5-9-17;1-8-11(15-2)13(18)12(17-16-8)10-5-3-9(7-14)4-6-10/h4-11H,13H2,1,3H3;3-6H,1H3,(H,16,18). The van der Waals surface area contributed by atoms with Crippen LogP contribution in [0, 0.1) is 49.7 Å². The first-order valence-electron chi connectivity index (χ1n) is 13.3. The molecule has 0 fully saturated rings. The van der Waals surface area contributed by atoms with Crippen LogP contribution in [0.1, 0.15) is 28.1 Å². The molecule has 0 amide bonds. The average Bonchev–Trinajstić information content (AvgIpc) is 3.08. The second kappa shape index (κ2) is 14.4. The van der Waals surface area contributed by atoms with E-state index in [4.69, 9.17) is 33.1 Å². The van der Waals surface area contributed by atoms with Gasteiger partial charge in [0.1, 0.15) is 23.7 Å². The number of hydrogen-bond donors (Lipinski definition) is 1. The van der Waals surface area contributed by atoms with Crippen LogP contribution in [0.25, 0.3) is 32.2 Å². The Bertz CT molecular complexity index is 2060. The zero-order chi connectivity index (χ0) is 32.3. The molecule has 0 atom stereocenters. The van der Waals surface area contributed by atoms with Crippen LogP contribution in [0.15, 0.2) is 77.6 Å². The van der Waals surface area contributed by atoms with E-state index in [9.17, 15) is 4.79 Å². The largest absolute Gasteiger partial charge is 0.498 e. The van der Waals surface area contributed by atoms with Crippen molar-refractivity contribution in [2.45, 2.75) is 20.5 Å². The lowest BCUT2D eigenvalue weighted by Gasteiger charge is -2.14. The Morgan fingerprint density at radius 3 is 1.87 bits per heavy atom. The third-order valence-corrected chi connectivity index (χ3v) is 6.53. The Hall–Kier alpha value is -6.82. The van der Waals surface area contributed by atoms with Crippen LogP contribution in [-0.2, 0) is 6.61 Å². The summed E-state index contributed by atoms with van der Waals surface area (Å²) in [6.07, 6.45) is 0. The number of H-pyrrole nitrogens is 1. The Balaban J connectivity index is 0.000000222. The summed E-state index contributed by atoms with van der Waals surface area (Å²) in [5, 5.41) is 32.6. The first kappa shape index (κ1) is 31.1. The maximum absolute atomic E-state index is 12.0. The van der Waals surface area contributed by atoms with Crippen molar-refractivity contribution in [3.8, 4) is 46.2 Å². The molecule has 45 heavy (non-hydrogen) atoms. The van der Waals surface area contributed by atoms with Gasteiger partial charge in [-0.2, -0.15) is 20.7 Å². The van der Waals surface area contributed by atoms with Gasteiger partial charge >= 0.3 is 0 Å². The second-order valence-electron chi connectivity index (χ2n) is 9.43. The molecule has 0 saturated heterocycles. The topological polar surface area (TPSA) is 146 Å². The summed E-state index contributed by atoms with van der Waals surface area (Å²) in [6.45, 7) is 18.1. The SMILES string of the molecule is [C-]#[N+]c1c(C)[nH]nc(-c2ccc(C#N)cc2)c1=O.[C-]#[N+]c1c(C)nnc(-c2ccc(C#N)cc2)c1OCc1ccc(OC)cc1. The highest BCUT2D eigenvalue weighted by atomic mass is 16.5. The predicted octanol–water partition coefficient (Wildman–Crippen LogP) is 6.63. The van der Waals surface area contributed by atoms with Crippen LogP contribution in [0.2, 0.25) is 0 Å². The Morgan fingerprint density at radius 1 is 0.800 bits per heavy atom. The normalized spacial score (nSPS) is 9.76. The van der Waals surface area contributed by atoms with E-state index in [2.05, 4.69) is 36.2 Å². The van der Waals surface area contributed by atoms with Crippen LogP contribution in [0.4, 0.5) is 11.4 Å². The summed E-state index contributed by atoms with van der Waals surface area (Å²) in [4.78, 5) is 18.8. The third-order valence-electron chi connectivity index (χ3n) is 6.53.